The molecule has 10 N–H and O–H groups in total. The number of carbonyl (C=O) groups is 7. The van der Waals surface area contributed by atoms with Crippen molar-refractivity contribution in [1.82, 2.24) is 21.3 Å². The highest BCUT2D eigenvalue weighted by atomic mass is 16.4. The SMILES string of the molecule is NC(=O)CCC(NC(=O)C(CC(=O)O)NC(=O)C(CC(N)=O)NC(=O)C1CCCN1)C(=O)O. The third-order valence-corrected chi connectivity index (χ3v) is 4.72. The van der Waals surface area contributed by atoms with Crippen molar-refractivity contribution in [1.29, 1.82) is 0 Å². The molecule has 0 saturated carbocycles. The van der Waals surface area contributed by atoms with Gasteiger partial charge in [-0.05, 0) is 25.8 Å². The average Bonchev–Trinajstić information content (AvgIpc) is 3.23. The van der Waals surface area contributed by atoms with E-state index in [1.165, 1.54) is 0 Å². The van der Waals surface area contributed by atoms with E-state index in [0.717, 1.165) is 6.42 Å². The van der Waals surface area contributed by atoms with Crippen molar-refractivity contribution in [3.63, 3.8) is 0 Å². The van der Waals surface area contributed by atoms with Crippen molar-refractivity contribution in [2.45, 2.75) is 62.7 Å². The Hall–Kier alpha value is -3.75. The van der Waals surface area contributed by atoms with Gasteiger partial charge in [0.2, 0.25) is 29.5 Å². The van der Waals surface area contributed by atoms with Gasteiger partial charge in [-0.25, -0.2) is 4.79 Å². The van der Waals surface area contributed by atoms with Crippen molar-refractivity contribution in [3.8, 4) is 0 Å². The lowest BCUT2D eigenvalue weighted by Gasteiger charge is -2.24. The molecule has 0 aliphatic carbocycles. The molecule has 0 aromatic heterocycles. The number of hydrogen-bond acceptors (Lipinski definition) is 8. The fourth-order valence-corrected chi connectivity index (χ4v) is 3.06. The number of primary amides is 2. The minimum atomic E-state index is -1.75. The van der Waals surface area contributed by atoms with Crippen LogP contribution in [0.1, 0.15) is 38.5 Å². The molecule has 1 aliphatic rings. The van der Waals surface area contributed by atoms with E-state index in [1.807, 2.05) is 5.32 Å². The minimum absolute atomic E-state index is 0.362. The van der Waals surface area contributed by atoms with Crippen LogP contribution in [0.15, 0.2) is 0 Å². The Morgan fingerprint density at radius 1 is 0.848 bits per heavy atom. The fourth-order valence-electron chi connectivity index (χ4n) is 3.06. The topological polar surface area (TPSA) is 260 Å². The maximum Gasteiger partial charge on any atom is 0.326 e. The van der Waals surface area contributed by atoms with Gasteiger partial charge in [-0.3, -0.25) is 28.8 Å². The quantitative estimate of drug-likeness (QED) is 0.121. The molecule has 15 heteroatoms. The van der Waals surface area contributed by atoms with Gasteiger partial charge in [-0.15, -0.1) is 0 Å². The van der Waals surface area contributed by atoms with Gasteiger partial charge < -0.3 is 42.9 Å². The zero-order chi connectivity index (χ0) is 25.1. The highest BCUT2D eigenvalue weighted by Crippen LogP contribution is 2.07. The van der Waals surface area contributed by atoms with Crippen LogP contribution in [0.4, 0.5) is 0 Å². The summed E-state index contributed by atoms with van der Waals surface area (Å²) in [4.78, 5) is 82.2. The lowest BCUT2D eigenvalue weighted by molar-refractivity contribution is -0.144. The van der Waals surface area contributed by atoms with Crippen molar-refractivity contribution < 1.29 is 43.8 Å². The number of amides is 5. The standard InChI is InChI=1S/C18H28N6O9/c19-12(25)4-3-9(18(32)33)22-17(31)11(7-14(27)28)24-16(30)10(6-13(20)26)23-15(29)8-2-1-5-21-8/h8-11,21H,1-7H2,(H2,19,25)(H2,20,26)(H,22,31)(H,23,29)(H,24,30)(H,27,28)(H,32,33). The summed E-state index contributed by atoms with van der Waals surface area (Å²) in [7, 11) is 0. The maximum absolute atomic E-state index is 12.7. The van der Waals surface area contributed by atoms with E-state index in [-0.39, 0.29) is 12.8 Å². The Labute approximate surface area is 188 Å². The van der Waals surface area contributed by atoms with Gasteiger partial charge in [-0.1, -0.05) is 0 Å². The fraction of sp³-hybridized carbons (Fsp3) is 0.611. The first-order chi connectivity index (χ1) is 15.4. The number of carboxylic acids is 2. The summed E-state index contributed by atoms with van der Waals surface area (Å²) in [5.41, 5.74) is 10.1. The van der Waals surface area contributed by atoms with E-state index in [2.05, 4.69) is 16.0 Å². The molecule has 4 unspecified atom stereocenters. The summed E-state index contributed by atoms with van der Waals surface area (Å²) < 4.78 is 0. The molecule has 0 aromatic carbocycles. The van der Waals surface area contributed by atoms with Crippen molar-refractivity contribution >= 4 is 41.5 Å². The molecule has 33 heavy (non-hydrogen) atoms. The molecule has 0 radical (unpaired) electrons. The second kappa shape index (κ2) is 12.9. The zero-order valence-corrected chi connectivity index (χ0v) is 17.7. The molecule has 4 atom stereocenters. The monoisotopic (exact) mass is 472 g/mol. The minimum Gasteiger partial charge on any atom is -0.481 e. The van der Waals surface area contributed by atoms with Crippen molar-refractivity contribution in [3.05, 3.63) is 0 Å². The second-order valence-electron chi connectivity index (χ2n) is 7.44. The average molecular weight is 472 g/mol. The van der Waals surface area contributed by atoms with Crippen LogP contribution in [0.5, 0.6) is 0 Å². The van der Waals surface area contributed by atoms with Crippen LogP contribution < -0.4 is 32.7 Å². The number of nitrogens with one attached hydrogen (secondary N) is 4. The Bertz CT molecular complexity index is 796. The predicted molar refractivity (Wildman–Crippen MR) is 109 cm³/mol. The van der Waals surface area contributed by atoms with Gasteiger partial charge in [0.25, 0.3) is 0 Å². The Morgan fingerprint density at radius 3 is 1.88 bits per heavy atom. The molecule has 0 spiro atoms. The number of nitrogens with two attached hydrogens (primary N) is 2. The first-order valence-electron chi connectivity index (χ1n) is 10.1. The molecular weight excluding hydrogens is 444 g/mol. The summed E-state index contributed by atoms with van der Waals surface area (Å²) in [6, 6.07) is -5.41. The van der Waals surface area contributed by atoms with Gasteiger partial charge in [0, 0.05) is 6.42 Å². The summed E-state index contributed by atoms with van der Waals surface area (Å²) in [5, 5.41) is 27.6. The Morgan fingerprint density at radius 2 is 1.42 bits per heavy atom. The van der Waals surface area contributed by atoms with Crippen LogP contribution in [-0.2, 0) is 33.6 Å². The van der Waals surface area contributed by atoms with E-state index < -0.39 is 78.5 Å². The van der Waals surface area contributed by atoms with Crippen LogP contribution >= 0.6 is 0 Å². The largest absolute Gasteiger partial charge is 0.481 e. The van der Waals surface area contributed by atoms with Crippen LogP contribution in [0, 0.1) is 0 Å². The molecule has 1 heterocycles. The summed E-state index contributed by atoms with van der Waals surface area (Å²) in [5.74, 6) is -7.56. The van der Waals surface area contributed by atoms with E-state index in [1.54, 1.807) is 0 Å². The molecule has 0 aromatic rings. The molecule has 15 nitrogen and oxygen atoms in total. The summed E-state index contributed by atoms with van der Waals surface area (Å²) >= 11 is 0. The second-order valence-corrected chi connectivity index (χ2v) is 7.44. The van der Waals surface area contributed by atoms with Gasteiger partial charge in [0.15, 0.2) is 0 Å². The molecular formula is C18H28N6O9. The molecule has 1 saturated heterocycles. The highest BCUT2D eigenvalue weighted by Gasteiger charge is 2.33. The lowest BCUT2D eigenvalue weighted by atomic mass is 10.1. The zero-order valence-electron chi connectivity index (χ0n) is 17.7. The van der Waals surface area contributed by atoms with E-state index >= 15 is 0 Å². The van der Waals surface area contributed by atoms with Gasteiger partial charge in [0.1, 0.15) is 18.1 Å². The van der Waals surface area contributed by atoms with Gasteiger partial charge in [-0.2, -0.15) is 0 Å². The van der Waals surface area contributed by atoms with Gasteiger partial charge >= 0.3 is 11.9 Å². The number of rotatable bonds is 14. The predicted octanol–water partition coefficient (Wildman–Crippen LogP) is -4.11. The smallest absolute Gasteiger partial charge is 0.326 e. The third kappa shape index (κ3) is 9.94. The molecule has 1 fully saturated rings. The number of aliphatic carboxylic acids is 2. The molecule has 5 amide bonds. The van der Waals surface area contributed by atoms with Gasteiger partial charge in [0.05, 0.1) is 18.9 Å². The number of carbonyl (C=O) groups excluding carboxylic acids is 5. The van der Waals surface area contributed by atoms with Crippen LogP contribution in [0.2, 0.25) is 0 Å². The third-order valence-electron chi connectivity index (χ3n) is 4.72. The first-order valence-corrected chi connectivity index (χ1v) is 10.1. The van der Waals surface area contributed by atoms with E-state index in [0.29, 0.717) is 13.0 Å². The Kier molecular flexibility index (Phi) is 10.7. The van der Waals surface area contributed by atoms with Crippen molar-refractivity contribution in [2.24, 2.45) is 11.5 Å². The molecule has 1 aliphatic heterocycles. The summed E-state index contributed by atoms with van der Waals surface area (Å²) in [6.45, 7) is 0.589. The normalized spacial score (nSPS) is 17.8. The number of hydrogen-bond donors (Lipinski definition) is 8. The number of carboxylic acid groups (broad SMARTS) is 2. The summed E-state index contributed by atoms with van der Waals surface area (Å²) in [6.07, 6.45) is -1.05. The van der Waals surface area contributed by atoms with E-state index in [4.69, 9.17) is 16.6 Å². The Balaban J connectivity index is 2.93. The highest BCUT2D eigenvalue weighted by molar-refractivity contribution is 5.97. The van der Waals surface area contributed by atoms with Crippen LogP contribution in [0.25, 0.3) is 0 Å². The van der Waals surface area contributed by atoms with Crippen LogP contribution in [0.3, 0.4) is 0 Å². The van der Waals surface area contributed by atoms with E-state index in [9.17, 15) is 38.7 Å². The molecule has 184 valence electrons. The maximum atomic E-state index is 12.7. The van der Waals surface area contributed by atoms with Crippen LogP contribution in [-0.4, -0.2) is 82.4 Å². The molecule has 0 bridgehead atoms. The lowest BCUT2D eigenvalue weighted by Crippen LogP contribution is -2.58. The molecule has 1 rings (SSSR count). The first kappa shape index (κ1) is 27.3. The van der Waals surface area contributed by atoms with Crippen molar-refractivity contribution in [2.75, 3.05) is 6.54 Å².